The number of anilines is 1. The minimum atomic E-state index is -0.190. The molecule has 3 rings (SSSR count). The summed E-state index contributed by atoms with van der Waals surface area (Å²) in [5, 5.41) is 10.2. The highest BCUT2D eigenvalue weighted by Gasteiger charge is 2.58. The first-order valence-corrected chi connectivity index (χ1v) is 8.04. The van der Waals surface area contributed by atoms with Crippen molar-refractivity contribution in [2.45, 2.75) is 59.0 Å². The average molecular weight is 304 g/mol. The lowest BCUT2D eigenvalue weighted by molar-refractivity contribution is -0.137. The van der Waals surface area contributed by atoms with Gasteiger partial charge in [0.15, 0.2) is 5.82 Å². The van der Waals surface area contributed by atoms with Crippen LogP contribution in [0.3, 0.4) is 0 Å². The summed E-state index contributed by atoms with van der Waals surface area (Å²) >= 11 is 0. The van der Waals surface area contributed by atoms with Crippen molar-refractivity contribution in [3.63, 3.8) is 0 Å². The number of carbonyl (C=O) groups excluding carboxylic acids is 2. The Bertz CT molecular complexity index is 614. The molecule has 0 radical (unpaired) electrons. The quantitative estimate of drug-likeness (QED) is 0.896. The van der Waals surface area contributed by atoms with Crippen LogP contribution in [0, 0.1) is 11.8 Å². The standard InChI is InChI=1S/C16H24N4O2/c1-9(2)7-12(21)17-14-11-8-20(15(22)10(3)4)16(5-6-16)13(11)18-19-14/h9-10H,5-8H2,1-4H3,(H2,17,18,19,21). The van der Waals surface area contributed by atoms with Crippen LogP contribution in [0.5, 0.6) is 0 Å². The van der Waals surface area contributed by atoms with E-state index in [-0.39, 0.29) is 23.3 Å². The molecular weight excluding hydrogens is 280 g/mol. The molecule has 0 aromatic carbocycles. The van der Waals surface area contributed by atoms with Crippen molar-refractivity contribution in [3.8, 4) is 0 Å². The predicted octanol–water partition coefficient (Wildman–Crippen LogP) is 2.38. The lowest BCUT2D eigenvalue weighted by Gasteiger charge is -2.26. The Hall–Kier alpha value is -1.85. The topological polar surface area (TPSA) is 78.1 Å². The summed E-state index contributed by atoms with van der Waals surface area (Å²) in [6, 6.07) is 0. The first-order valence-electron chi connectivity index (χ1n) is 8.04. The van der Waals surface area contributed by atoms with E-state index in [4.69, 9.17) is 0 Å². The molecule has 2 aliphatic rings. The van der Waals surface area contributed by atoms with Gasteiger partial charge in [-0.2, -0.15) is 5.10 Å². The SMILES string of the molecule is CC(C)CC(=O)Nc1n[nH]c2c1CN(C(=O)C(C)C)C21CC1. The second-order valence-electron chi connectivity index (χ2n) is 7.18. The number of rotatable bonds is 4. The first kappa shape index (κ1) is 15.1. The van der Waals surface area contributed by atoms with E-state index in [1.807, 2.05) is 32.6 Å². The van der Waals surface area contributed by atoms with Gasteiger partial charge in [0.25, 0.3) is 0 Å². The van der Waals surface area contributed by atoms with Crippen LogP contribution in [-0.4, -0.2) is 26.9 Å². The molecule has 1 aromatic rings. The van der Waals surface area contributed by atoms with E-state index in [9.17, 15) is 9.59 Å². The zero-order chi connectivity index (χ0) is 16.1. The number of amides is 2. The largest absolute Gasteiger partial charge is 0.327 e. The Balaban J connectivity index is 1.82. The molecule has 1 aliphatic heterocycles. The number of aromatic nitrogens is 2. The van der Waals surface area contributed by atoms with Gasteiger partial charge in [-0.25, -0.2) is 0 Å². The number of fused-ring (bicyclic) bond motifs is 2. The van der Waals surface area contributed by atoms with Crippen LogP contribution >= 0.6 is 0 Å². The van der Waals surface area contributed by atoms with Gasteiger partial charge in [0.05, 0.1) is 17.8 Å². The van der Waals surface area contributed by atoms with Crippen LogP contribution in [0.1, 0.15) is 58.2 Å². The Kier molecular flexibility index (Phi) is 3.50. The van der Waals surface area contributed by atoms with E-state index in [1.54, 1.807) is 0 Å². The van der Waals surface area contributed by atoms with E-state index >= 15 is 0 Å². The summed E-state index contributed by atoms with van der Waals surface area (Å²) in [7, 11) is 0. The predicted molar refractivity (Wildman–Crippen MR) is 83.0 cm³/mol. The Morgan fingerprint density at radius 3 is 2.55 bits per heavy atom. The number of aromatic amines is 1. The number of hydrogen-bond donors (Lipinski definition) is 2. The molecule has 22 heavy (non-hydrogen) atoms. The molecule has 6 nitrogen and oxygen atoms in total. The Labute approximate surface area is 130 Å². The Morgan fingerprint density at radius 2 is 2.00 bits per heavy atom. The maximum atomic E-state index is 12.5. The fraction of sp³-hybridized carbons (Fsp3) is 0.688. The summed E-state index contributed by atoms with van der Waals surface area (Å²) in [6.07, 6.45) is 2.42. The van der Waals surface area contributed by atoms with Crippen LogP contribution in [0.4, 0.5) is 5.82 Å². The van der Waals surface area contributed by atoms with E-state index in [2.05, 4.69) is 15.5 Å². The van der Waals surface area contributed by atoms with Gasteiger partial charge in [-0.15, -0.1) is 0 Å². The maximum Gasteiger partial charge on any atom is 0.226 e. The Morgan fingerprint density at radius 1 is 1.32 bits per heavy atom. The minimum Gasteiger partial charge on any atom is -0.327 e. The van der Waals surface area contributed by atoms with Gasteiger partial charge < -0.3 is 10.2 Å². The molecule has 0 saturated heterocycles. The summed E-state index contributed by atoms with van der Waals surface area (Å²) in [4.78, 5) is 26.4. The molecule has 0 atom stereocenters. The van der Waals surface area contributed by atoms with Crippen molar-refractivity contribution in [2.75, 3.05) is 5.32 Å². The third-order valence-corrected chi connectivity index (χ3v) is 4.50. The molecule has 1 saturated carbocycles. The molecular formula is C16H24N4O2. The molecule has 0 bridgehead atoms. The highest BCUT2D eigenvalue weighted by Crippen LogP contribution is 2.57. The van der Waals surface area contributed by atoms with Crippen molar-refractivity contribution in [1.82, 2.24) is 15.1 Å². The van der Waals surface area contributed by atoms with Crippen LogP contribution in [-0.2, 0) is 21.7 Å². The molecule has 120 valence electrons. The molecule has 2 amide bonds. The molecule has 1 aromatic heterocycles. The smallest absolute Gasteiger partial charge is 0.226 e. The molecule has 1 spiro atoms. The van der Waals surface area contributed by atoms with Gasteiger partial charge in [0.1, 0.15) is 0 Å². The van der Waals surface area contributed by atoms with Gasteiger partial charge in [-0.1, -0.05) is 27.7 Å². The number of nitrogens with one attached hydrogen (secondary N) is 2. The highest BCUT2D eigenvalue weighted by atomic mass is 16.2. The zero-order valence-corrected chi connectivity index (χ0v) is 13.7. The molecule has 1 fully saturated rings. The average Bonchev–Trinajstić information content (AvgIpc) is 3.01. The first-order chi connectivity index (χ1) is 10.3. The third-order valence-electron chi connectivity index (χ3n) is 4.50. The van der Waals surface area contributed by atoms with Crippen LogP contribution in [0.15, 0.2) is 0 Å². The molecule has 0 unspecified atom stereocenters. The summed E-state index contributed by atoms with van der Waals surface area (Å²) in [6.45, 7) is 8.41. The van der Waals surface area contributed by atoms with Crippen molar-refractivity contribution in [2.24, 2.45) is 11.8 Å². The number of hydrogen-bond acceptors (Lipinski definition) is 3. The number of H-pyrrole nitrogens is 1. The fourth-order valence-corrected chi connectivity index (χ4v) is 3.24. The molecule has 6 heteroatoms. The highest BCUT2D eigenvalue weighted by molar-refractivity contribution is 5.91. The van der Waals surface area contributed by atoms with Crippen LogP contribution in [0.25, 0.3) is 0 Å². The van der Waals surface area contributed by atoms with Crippen molar-refractivity contribution >= 4 is 17.6 Å². The van der Waals surface area contributed by atoms with Crippen molar-refractivity contribution < 1.29 is 9.59 Å². The zero-order valence-electron chi connectivity index (χ0n) is 13.7. The van der Waals surface area contributed by atoms with Crippen LogP contribution in [0.2, 0.25) is 0 Å². The van der Waals surface area contributed by atoms with Crippen LogP contribution < -0.4 is 5.32 Å². The second kappa shape index (κ2) is 5.11. The van der Waals surface area contributed by atoms with Gasteiger partial charge >= 0.3 is 0 Å². The number of carbonyl (C=O) groups is 2. The monoisotopic (exact) mass is 304 g/mol. The molecule has 1 aliphatic carbocycles. The molecule has 2 N–H and O–H groups in total. The maximum absolute atomic E-state index is 12.5. The summed E-state index contributed by atoms with van der Waals surface area (Å²) in [5.41, 5.74) is 1.80. The lowest BCUT2D eigenvalue weighted by atomic mass is 10.1. The number of nitrogens with zero attached hydrogens (tertiary/aromatic N) is 2. The van der Waals surface area contributed by atoms with Gasteiger partial charge in [-0.3, -0.25) is 14.7 Å². The summed E-state index contributed by atoms with van der Waals surface area (Å²) in [5.74, 6) is 1.02. The van der Waals surface area contributed by atoms with Gasteiger partial charge in [0, 0.05) is 17.9 Å². The van der Waals surface area contributed by atoms with Gasteiger partial charge in [0.2, 0.25) is 11.8 Å². The van der Waals surface area contributed by atoms with Crippen molar-refractivity contribution in [3.05, 3.63) is 11.3 Å². The van der Waals surface area contributed by atoms with E-state index in [0.29, 0.717) is 24.7 Å². The second-order valence-corrected chi connectivity index (χ2v) is 7.18. The van der Waals surface area contributed by atoms with E-state index < -0.39 is 0 Å². The van der Waals surface area contributed by atoms with Gasteiger partial charge in [-0.05, 0) is 18.8 Å². The normalized spacial score (nSPS) is 18.2. The fourth-order valence-electron chi connectivity index (χ4n) is 3.24. The third kappa shape index (κ3) is 2.30. The lowest BCUT2D eigenvalue weighted by Crippen LogP contribution is -2.38. The molecule has 2 heterocycles. The van der Waals surface area contributed by atoms with Crippen molar-refractivity contribution in [1.29, 1.82) is 0 Å². The van der Waals surface area contributed by atoms with E-state index in [1.165, 1.54) is 0 Å². The summed E-state index contributed by atoms with van der Waals surface area (Å²) < 4.78 is 0. The minimum absolute atomic E-state index is 0.0200. The van der Waals surface area contributed by atoms with E-state index in [0.717, 1.165) is 24.1 Å².